The minimum atomic E-state index is 0.00449. The molecule has 2 unspecified atom stereocenters. The maximum absolute atomic E-state index is 5.88. The summed E-state index contributed by atoms with van der Waals surface area (Å²) in [4.78, 5) is 0. The maximum atomic E-state index is 5.88. The van der Waals surface area contributed by atoms with Gasteiger partial charge in [-0.15, -0.1) is 0 Å². The van der Waals surface area contributed by atoms with Crippen molar-refractivity contribution in [1.82, 2.24) is 5.32 Å². The zero-order chi connectivity index (χ0) is 9.78. The van der Waals surface area contributed by atoms with Crippen LogP contribution < -0.4 is 5.32 Å². The Bertz CT molecular complexity index is 123. The summed E-state index contributed by atoms with van der Waals surface area (Å²) >= 11 is 0. The summed E-state index contributed by atoms with van der Waals surface area (Å²) in [5, 5.41) is 3.19. The quantitative estimate of drug-likeness (QED) is 0.688. The SMILES string of the molecule is CCC(C)(C)OC(C)C(C)NC. The van der Waals surface area contributed by atoms with E-state index >= 15 is 0 Å². The van der Waals surface area contributed by atoms with Crippen LogP contribution in [0.2, 0.25) is 0 Å². The third-order valence-corrected chi connectivity index (χ3v) is 2.52. The number of rotatable bonds is 5. The van der Waals surface area contributed by atoms with Gasteiger partial charge in [0.1, 0.15) is 0 Å². The van der Waals surface area contributed by atoms with Crippen molar-refractivity contribution in [2.24, 2.45) is 0 Å². The molecule has 0 amide bonds. The third kappa shape index (κ3) is 4.07. The van der Waals surface area contributed by atoms with Crippen LogP contribution in [0.15, 0.2) is 0 Å². The second-order valence-corrected chi connectivity index (χ2v) is 4.01. The molecule has 0 fully saturated rings. The molecule has 2 atom stereocenters. The Balaban J connectivity index is 3.90. The van der Waals surface area contributed by atoms with Gasteiger partial charge in [0.2, 0.25) is 0 Å². The molecule has 12 heavy (non-hydrogen) atoms. The van der Waals surface area contributed by atoms with Crippen LogP contribution >= 0.6 is 0 Å². The van der Waals surface area contributed by atoms with Gasteiger partial charge in [-0.1, -0.05) is 6.92 Å². The van der Waals surface area contributed by atoms with Crippen molar-refractivity contribution in [2.75, 3.05) is 7.05 Å². The lowest BCUT2D eigenvalue weighted by Gasteiger charge is -2.31. The molecule has 2 heteroatoms. The molecule has 1 N–H and O–H groups in total. The Morgan fingerprint density at radius 3 is 2.17 bits per heavy atom. The molecular weight excluding hydrogens is 150 g/mol. The molecule has 0 radical (unpaired) electrons. The van der Waals surface area contributed by atoms with Gasteiger partial charge in [0, 0.05) is 6.04 Å². The van der Waals surface area contributed by atoms with Crippen molar-refractivity contribution < 1.29 is 4.74 Å². The summed E-state index contributed by atoms with van der Waals surface area (Å²) in [5.74, 6) is 0. The Morgan fingerprint density at radius 2 is 1.83 bits per heavy atom. The van der Waals surface area contributed by atoms with Crippen LogP contribution in [0.4, 0.5) is 0 Å². The second kappa shape index (κ2) is 4.83. The Hall–Kier alpha value is -0.0800. The number of hydrogen-bond donors (Lipinski definition) is 1. The van der Waals surface area contributed by atoms with E-state index in [1.807, 2.05) is 7.05 Å². The molecule has 0 saturated heterocycles. The minimum Gasteiger partial charge on any atom is -0.371 e. The van der Waals surface area contributed by atoms with Gasteiger partial charge < -0.3 is 10.1 Å². The van der Waals surface area contributed by atoms with Crippen molar-refractivity contribution in [3.05, 3.63) is 0 Å². The maximum Gasteiger partial charge on any atom is 0.0704 e. The van der Waals surface area contributed by atoms with Gasteiger partial charge in [-0.3, -0.25) is 0 Å². The van der Waals surface area contributed by atoms with Gasteiger partial charge in [-0.2, -0.15) is 0 Å². The first kappa shape index (κ1) is 11.9. The molecule has 0 saturated carbocycles. The predicted octanol–water partition coefficient (Wildman–Crippen LogP) is 2.19. The summed E-state index contributed by atoms with van der Waals surface area (Å²) in [6.45, 7) is 10.7. The van der Waals surface area contributed by atoms with Gasteiger partial charge >= 0.3 is 0 Å². The highest BCUT2D eigenvalue weighted by Gasteiger charge is 2.21. The molecule has 0 aromatic carbocycles. The second-order valence-electron chi connectivity index (χ2n) is 4.01. The van der Waals surface area contributed by atoms with Crippen LogP contribution in [0.25, 0.3) is 0 Å². The van der Waals surface area contributed by atoms with Gasteiger partial charge in [0.25, 0.3) is 0 Å². The van der Waals surface area contributed by atoms with Crippen LogP contribution in [0.5, 0.6) is 0 Å². The summed E-state index contributed by atoms with van der Waals surface area (Å²) in [6, 6.07) is 0.413. The van der Waals surface area contributed by atoms with Crippen LogP contribution in [-0.4, -0.2) is 24.8 Å². The van der Waals surface area contributed by atoms with Gasteiger partial charge in [-0.25, -0.2) is 0 Å². The normalized spacial score (nSPS) is 17.5. The standard InChI is InChI=1S/C10H23NO/c1-7-10(4,5)12-9(3)8(2)11-6/h8-9,11H,7H2,1-6H3. The molecule has 0 heterocycles. The highest BCUT2D eigenvalue weighted by atomic mass is 16.5. The van der Waals surface area contributed by atoms with Gasteiger partial charge in [-0.05, 0) is 41.2 Å². The Morgan fingerprint density at radius 1 is 1.33 bits per heavy atom. The number of likely N-dealkylation sites (N-methyl/N-ethyl adjacent to an activating group) is 1. The van der Waals surface area contributed by atoms with E-state index in [0.717, 1.165) is 6.42 Å². The van der Waals surface area contributed by atoms with Crippen LogP contribution in [0.3, 0.4) is 0 Å². The summed E-state index contributed by atoms with van der Waals surface area (Å²) in [5.41, 5.74) is 0.00449. The number of hydrogen-bond acceptors (Lipinski definition) is 2. The highest BCUT2D eigenvalue weighted by Crippen LogP contribution is 2.17. The largest absolute Gasteiger partial charge is 0.371 e. The molecule has 2 nitrogen and oxygen atoms in total. The molecular formula is C10H23NO. The summed E-state index contributed by atoms with van der Waals surface area (Å²) in [7, 11) is 1.96. The van der Waals surface area contributed by atoms with Crippen molar-refractivity contribution in [3.63, 3.8) is 0 Å². The number of ether oxygens (including phenoxy) is 1. The first-order valence-electron chi connectivity index (χ1n) is 4.78. The van der Waals surface area contributed by atoms with E-state index in [1.165, 1.54) is 0 Å². The first-order chi connectivity index (χ1) is 5.43. The predicted molar refractivity (Wildman–Crippen MR) is 53.4 cm³/mol. The fraction of sp³-hybridized carbons (Fsp3) is 1.00. The smallest absolute Gasteiger partial charge is 0.0704 e. The third-order valence-electron chi connectivity index (χ3n) is 2.52. The molecule has 0 aromatic heterocycles. The molecule has 0 aromatic rings. The average Bonchev–Trinajstić information content (AvgIpc) is 2.02. The van der Waals surface area contributed by atoms with E-state index in [4.69, 9.17) is 4.74 Å². The number of nitrogens with one attached hydrogen (secondary N) is 1. The lowest BCUT2D eigenvalue weighted by Crippen LogP contribution is -2.40. The van der Waals surface area contributed by atoms with Crippen LogP contribution in [0, 0.1) is 0 Å². The Labute approximate surface area is 76.7 Å². The van der Waals surface area contributed by atoms with Gasteiger partial charge in [0.05, 0.1) is 11.7 Å². The highest BCUT2D eigenvalue weighted by molar-refractivity contribution is 4.73. The Kier molecular flexibility index (Phi) is 4.80. The van der Waals surface area contributed by atoms with E-state index in [0.29, 0.717) is 6.04 Å². The lowest BCUT2D eigenvalue weighted by atomic mass is 10.1. The first-order valence-corrected chi connectivity index (χ1v) is 4.78. The van der Waals surface area contributed by atoms with Crippen LogP contribution in [0.1, 0.15) is 41.0 Å². The zero-order valence-corrected chi connectivity index (χ0v) is 9.27. The molecule has 0 spiro atoms. The molecule has 74 valence electrons. The van der Waals surface area contributed by atoms with Crippen molar-refractivity contribution in [2.45, 2.75) is 58.8 Å². The zero-order valence-electron chi connectivity index (χ0n) is 9.27. The average molecular weight is 173 g/mol. The van der Waals surface area contributed by atoms with Crippen molar-refractivity contribution in [1.29, 1.82) is 0 Å². The van der Waals surface area contributed by atoms with E-state index in [9.17, 15) is 0 Å². The van der Waals surface area contributed by atoms with E-state index in [2.05, 4.69) is 39.9 Å². The lowest BCUT2D eigenvalue weighted by molar-refractivity contribution is -0.0761. The van der Waals surface area contributed by atoms with Crippen molar-refractivity contribution >= 4 is 0 Å². The van der Waals surface area contributed by atoms with E-state index in [-0.39, 0.29) is 11.7 Å². The summed E-state index contributed by atoms with van der Waals surface area (Å²) in [6.07, 6.45) is 1.32. The molecule has 0 aliphatic carbocycles. The minimum absolute atomic E-state index is 0.00449. The molecule has 0 bridgehead atoms. The summed E-state index contributed by atoms with van der Waals surface area (Å²) < 4.78 is 5.88. The molecule has 0 aliphatic heterocycles. The fourth-order valence-corrected chi connectivity index (χ4v) is 0.923. The van der Waals surface area contributed by atoms with Crippen molar-refractivity contribution in [3.8, 4) is 0 Å². The van der Waals surface area contributed by atoms with Crippen LogP contribution in [-0.2, 0) is 4.74 Å². The van der Waals surface area contributed by atoms with E-state index in [1.54, 1.807) is 0 Å². The monoisotopic (exact) mass is 173 g/mol. The fourth-order valence-electron chi connectivity index (χ4n) is 0.923. The molecule has 0 aliphatic rings. The molecule has 0 rings (SSSR count). The topological polar surface area (TPSA) is 21.3 Å². The van der Waals surface area contributed by atoms with E-state index < -0.39 is 0 Å². The van der Waals surface area contributed by atoms with Gasteiger partial charge in [0.15, 0.2) is 0 Å².